The third kappa shape index (κ3) is 3.50. The van der Waals surface area contributed by atoms with Crippen molar-refractivity contribution in [2.75, 3.05) is 13.7 Å². The minimum Gasteiger partial charge on any atom is -0.379 e. The van der Waals surface area contributed by atoms with Crippen molar-refractivity contribution in [3.63, 3.8) is 0 Å². The zero-order valence-electron chi connectivity index (χ0n) is 10.9. The molecule has 0 aromatic carbocycles. The fraction of sp³-hybridized carbons (Fsp3) is 0.818. The fourth-order valence-corrected chi connectivity index (χ4v) is 2.49. The van der Waals surface area contributed by atoms with Crippen LogP contribution in [0.3, 0.4) is 0 Å². The van der Waals surface area contributed by atoms with Crippen LogP contribution in [-0.4, -0.2) is 34.8 Å². The number of halogens is 1. The summed E-state index contributed by atoms with van der Waals surface area (Å²) in [7, 11) is 3.64. The first-order valence-corrected chi connectivity index (χ1v) is 6.76. The second kappa shape index (κ2) is 7.08. The molecule has 0 saturated heterocycles. The number of aryl methyl sites for hydroxylation is 1. The molecule has 1 N–H and O–H groups in total. The van der Waals surface area contributed by atoms with E-state index in [1.165, 1.54) is 0 Å². The summed E-state index contributed by atoms with van der Waals surface area (Å²) in [6.45, 7) is 5.21. The topological polar surface area (TPSA) is 52.0 Å². The van der Waals surface area contributed by atoms with Crippen LogP contribution in [0.4, 0.5) is 0 Å². The first-order valence-electron chi connectivity index (χ1n) is 5.96. The second-order valence-corrected chi connectivity index (χ2v) is 4.75. The van der Waals surface area contributed by atoms with Crippen LogP contribution in [0.25, 0.3) is 0 Å². The first kappa shape index (κ1) is 14.6. The molecule has 0 amide bonds. The van der Waals surface area contributed by atoms with E-state index < -0.39 is 0 Å². The quantitative estimate of drug-likeness (QED) is 0.837. The van der Waals surface area contributed by atoms with Crippen molar-refractivity contribution in [1.82, 2.24) is 20.3 Å². The number of hydrogen-bond acceptors (Lipinski definition) is 4. The zero-order valence-corrected chi connectivity index (χ0v) is 12.5. The first-order chi connectivity index (χ1) is 8.15. The average molecular weight is 305 g/mol. The second-order valence-electron chi connectivity index (χ2n) is 4.00. The van der Waals surface area contributed by atoms with Crippen LogP contribution >= 0.6 is 15.9 Å². The van der Waals surface area contributed by atoms with E-state index >= 15 is 0 Å². The minimum absolute atomic E-state index is 0.110. The zero-order chi connectivity index (χ0) is 12.8. The predicted molar refractivity (Wildman–Crippen MR) is 70.8 cm³/mol. The van der Waals surface area contributed by atoms with Crippen molar-refractivity contribution in [1.29, 1.82) is 0 Å². The lowest BCUT2D eigenvalue weighted by molar-refractivity contribution is 0.0623. The Morgan fingerprint density at radius 1 is 1.47 bits per heavy atom. The van der Waals surface area contributed by atoms with Gasteiger partial charge < -0.3 is 10.1 Å². The third-order valence-corrected chi connectivity index (χ3v) is 3.38. The summed E-state index contributed by atoms with van der Waals surface area (Å²) in [6.07, 6.45) is 2.14. The van der Waals surface area contributed by atoms with Gasteiger partial charge in [-0.2, -0.15) is 0 Å². The van der Waals surface area contributed by atoms with Gasteiger partial charge in [0.1, 0.15) is 0 Å². The van der Waals surface area contributed by atoms with Gasteiger partial charge in [-0.25, -0.2) is 4.68 Å². The van der Waals surface area contributed by atoms with E-state index in [9.17, 15) is 0 Å². The smallest absolute Gasteiger partial charge is 0.153 e. The number of aromatic nitrogens is 3. The van der Waals surface area contributed by atoms with Gasteiger partial charge in [0.15, 0.2) is 4.60 Å². The molecular weight excluding hydrogens is 284 g/mol. The van der Waals surface area contributed by atoms with Gasteiger partial charge >= 0.3 is 0 Å². The van der Waals surface area contributed by atoms with Crippen LogP contribution in [0.2, 0.25) is 0 Å². The maximum Gasteiger partial charge on any atom is 0.153 e. The summed E-state index contributed by atoms with van der Waals surface area (Å²) in [6, 6.07) is 0.110. The van der Waals surface area contributed by atoms with Gasteiger partial charge in [-0.1, -0.05) is 19.1 Å². The summed E-state index contributed by atoms with van der Waals surface area (Å²) in [5.74, 6) is 0. The number of nitrogens with zero attached hydrogens (tertiary/aromatic N) is 3. The summed E-state index contributed by atoms with van der Waals surface area (Å²) in [4.78, 5) is 0. The van der Waals surface area contributed by atoms with E-state index in [1.54, 1.807) is 11.8 Å². The molecular formula is C11H21BrN4O. The molecule has 1 aromatic rings. The molecule has 0 aliphatic heterocycles. The van der Waals surface area contributed by atoms with Gasteiger partial charge in [-0.05, 0) is 35.3 Å². The van der Waals surface area contributed by atoms with Crippen molar-refractivity contribution in [2.45, 2.75) is 38.8 Å². The van der Waals surface area contributed by atoms with Crippen molar-refractivity contribution >= 4 is 15.9 Å². The van der Waals surface area contributed by atoms with E-state index in [4.69, 9.17) is 4.74 Å². The third-order valence-electron chi connectivity index (χ3n) is 2.81. The van der Waals surface area contributed by atoms with E-state index in [-0.39, 0.29) is 12.1 Å². The van der Waals surface area contributed by atoms with E-state index in [1.807, 2.05) is 7.05 Å². The number of nitrogens with one attached hydrogen (secondary N) is 1. The molecule has 1 heterocycles. The highest BCUT2D eigenvalue weighted by atomic mass is 79.9. The predicted octanol–water partition coefficient (Wildman–Crippen LogP) is 2.04. The Balaban J connectivity index is 2.96. The summed E-state index contributed by atoms with van der Waals surface area (Å²) in [5, 5.41) is 11.6. The van der Waals surface area contributed by atoms with Gasteiger partial charge in [-0.15, -0.1) is 5.10 Å². The molecule has 0 spiro atoms. The summed E-state index contributed by atoms with van der Waals surface area (Å²) in [5.41, 5.74) is 1.03. The lowest BCUT2D eigenvalue weighted by Gasteiger charge is -2.26. The monoisotopic (exact) mass is 304 g/mol. The number of rotatable bonds is 7. The molecule has 0 aliphatic rings. The minimum atomic E-state index is 0.110. The van der Waals surface area contributed by atoms with Crippen LogP contribution < -0.4 is 5.32 Å². The molecule has 0 saturated carbocycles. The molecule has 2 atom stereocenters. The Hall–Kier alpha value is -0.460. The molecule has 6 heteroatoms. The average Bonchev–Trinajstić information content (AvgIpc) is 2.65. The summed E-state index contributed by atoms with van der Waals surface area (Å²) < 4.78 is 8.11. The van der Waals surface area contributed by atoms with Crippen molar-refractivity contribution < 1.29 is 4.74 Å². The Labute approximate surface area is 111 Å². The van der Waals surface area contributed by atoms with Crippen LogP contribution in [0.5, 0.6) is 0 Å². The Bertz CT molecular complexity index is 319. The number of ether oxygens (including phenoxy) is 1. The molecule has 17 heavy (non-hydrogen) atoms. The molecule has 0 aliphatic carbocycles. The highest BCUT2D eigenvalue weighted by Gasteiger charge is 2.26. The largest absolute Gasteiger partial charge is 0.379 e. The van der Waals surface area contributed by atoms with Crippen molar-refractivity contribution in [3.05, 3.63) is 10.3 Å². The SMILES string of the molecule is CCCNC(c1c(Br)nnn1C)C(CC)OC. The lowest BCUT2D eigenvalue weighted by atomic mass is 10.1. The van der Waals surface area contributed by atoms with Gasteiger partial charge in [0.2, 0.25) is 0 Å². The molecule has 0 radical (unpaired) electrons. The highest BCUT2D eigenvalue weighted by molar-refractivity contribution is 9.10. The molecule has 2 unspecified atom stereocenters. The van der Waals surface area contributed by atoms with Gasteiger partial charge in [0, 0.05) is 14.2 Å². The standard InChI is InChI=1S/C11H21BrN4O/c1-5-7-13-9(8(6-2)17-4)10-11(12)14-15-16(10)3/h8-9,13H,5-7H2,1-4H3. The van der Waals surface area contributed by atoms with E-state index in [2.05, 4.69) is 45.4 Å². The molecule has 0 fully saturated rings. The maximum absolute atomic E-state index is 5.54. The van der Waals surface area contributed by atoms with E-state index in [0.717, 1.165) is 29.7 Å². The van der Waals surface area contributed by atoms with Crippen LogP contribution in [-0.2, 0) is 11.8 Å². The van der Waals surface area contributed by atoms with Crippen LogP contribution in [0.15, 0.2) is 4.60 Å². The maximum atomic E-state index is 5.54. The Morgan fingerprint density at radius 3 is 2.59 bits per heavy atom. The molecule has 98 valence electrons. The number of hydrogen-bond donors (Lipinski definition) is 1. The molecule has 1 aromatic heterocycles. The van der Waals surface area contributed by atoms with Crippen LogP contribution in [0.1, 0.15) is 38.4 Å². The normalized spacial score (nSPS) is 14.9. The molecule has 0 bridgehead atoms. The molecule has 5 nitrogen and oxygen atoms in total. The Morgan fingerprint density at radius 2 is 2.18 bits per heavy atom. The Kier molecular flexibility index (Phi) is 6.08. The van der Waals surface area contributed by atoms with Gasteiger partial charge in [0.05, 0.1) is 17.8 Å². The van der Waals surface area contributed by atoms with Gasteiger partial charge in [0.25, 0.3) is 0 Å². The van der Waals surface area contributed by atoms with Gasteiger partial charge in [-0.3, -0.25) is 0 Å². The van der Waals surface area contributed by atoms with Crippen molar-refractivity contribution in [2.24, 2.45) is 7.05 Å². The van der Waals surface area contributed by atoms with Crippen LogP contribution in [0, 0.1) is 0 Å². The van der Waals surface area contributed by atoms with E-state index in [0.29, 0.717) is 0 Å². The highest BCUT2D eigenvalue weighted by Crippen LogP contribution is 2.26. The fourth-order valence-electron chi connectivity index (χ4n) is 1.91. The molecule has 1 rings (SSSR count). The van der Waals surface area contributed by atoms with Crippen molar-refractivity contribution in [3.8, 4) is 0 Å². The number of methoxy groups -OCH3 is 1. The lowest BCUT2D eigenvalue weighted by Crippen LogP contribution is -2.35. The summed E-state index contributed by atoms with van der Waals surface area (Å²) >= 11 is 3.45.